The van der Waals surface area contributed by atoms with Crippen molar-refractivity contribution >= 4 is 22.7 Å². The van der Waals surface area contributed by atoms with Gasteiger partial charge in [-0.15, -0.1) is 35.4 Å². The molecule has 6 heteroatoms. The first-order chi connectivity index (χ1) is 24.7. The molecular weight excluding hydrogens is 834 g/mol. The minimum atomic E-state index is -0.129. The number of quaternary nitrogens is 2. The van der Waals surface area contributed by atoms with Crippen LogP contribution in [-0.2, 0) is 31.9 Å². The number of hydrogen-bond acceptors (Lipinski definition) is 3. The summed E-state index contributed by atoms with van der Waals surface area (Å²) in [5.74, 6) is 2.24. The van der Waals surface area contributed by atoms with Gasteiger partial charge in [-0.25, -0.2) is 4.98 Å². The van der Waals surface area contributed by atoms with Gasteiger partial charge in [0.15, 0.2) is 18.0 Å². The van der Waals surface area contributed by atoms with Crippen LogP contribution in [0.25, 0.3) is 11.1 Å². The number of nitrogens with zero attached hydrogens (tertiary/aromatic N) is 3. The molecule has 3 aliphatic heterocycles. The van der Waals surface area contributed by atoms with Crippen LogP contribution in [0.1, 0.15) is 63.8 Å². The van der Waals surface area contributed by atoms with E-state index in [0.717, 1.165) is 29.0 Å². The minimum absolute atomic E-state index is 0. The van der Waals surface area contributed by atoms with Gasteiger partial charge in [-0.3, -0.25) is 4.48 Å². The van der Waals surface area contributed by atoms with Crippen LogP contribution in [-0.4, -0.2) is 11.7 Å². The molecule has 53 heavy (non-hydrogen) atoms. The Hall–Kier alpha value is -4.54. The van der Waals surface area contributed by atoms with Gasteiger partial charge in [0, 0.05) is 68.4 Å². The van der Waals surface area contributed by atoms with Crippen molar-refractivity contribution in [3.8, 4) is 34.3 Å². The summed E-state index contributed by atoms with van der Waals surface area (Å²) in [5.41, 5.74) is 11.7. The fourth-order valence-corrected chi connectivity index (χ4v) is 7.44. The Morgan fingerprint density at radius 2 is 1.17 bits per heavy atom. The van der Waals surface area contributed by atoms with E-state index < -0.39 is 0 Å². The quantitative estimate of drug-likeness (QED) is 0.118. The molecule has 1 aromatic heterocycles. The normalized spacial score (nSPS) is 18.8. The average Bonchev–Trinajstić information content (AvgIpc) is 3.53. The molecule has 0 unspecified atom stereocenters. The fraction of sp³-hybridized carbons (Fsp3) is 0.234. The van der Waals surface area contributed by atoms with E-state index in [1.54, 1.807) is 6.20 Å². The Morgan fingerprint density at radius 3 is 1.79 bits per heavy atom. The van der Waals surface area contributed by atoms with E-state index in [9.17, 15) is 0 Å². The summed E-state index contributed by atoms with van der Waals surface area (Å²) >= 11 is 0. The summed E-state index contributed by atoms with van der Waals surface area (Å²) in [6.07, 6.45) is 1.80. The summed E-state index contributed by atoms with van der Waals surface area (Å²) in [6, 6.07) is 45.5. The monoisotopic (exact) mass is 879 g/mol. The molecule has 9 rings (SSSR count). The molecule has 0 saturated carbocycles. The molecule has 1 saturated heterocycles. The largest absolute Gasteiger partial charge is 0.509 e. The van der Waals surface area contributed by atoms with Crippen LogP contribution < -0.4 is 18.4 Å². The predicted molar refractivity (Wildman–Crippen MR) is 212 cm³/mol. The minimum Gasteiger partial charge on any atom is -0.509 e. The third-order valence-corrected chi connectivity index (χ3v) is 10.6. The fourth-order valence-electron chi connectivity index (χ4n) is 7.44. The third-order valence-electron chi connectivity index (χ3n) is 10.6. The van der Waals surface area contributed by atoms with Crippen molar-refractivity contribution < 1.29 is 30.5 Å². The van der Waals surface area contributed by atoms with E-state index in [1.807, 2.05) is 42.5 Å². The van der Waals surface area contributed by atoms with Gasteiger partial charge < -0.3 is 14.0 Å². The SMILES string of the molecule is Cc1cc2c(cc1C)[N@+]1(c3[c-]c(Oc4[c-]c(Oc5cc(C(C)(C)C)ccn5)cc(-c5ccccc5)c4)cc(C(C)(C)C)c3)[CH-][N@@+]2(c2ccccc2)C1.[Pt]. The van der Waals surface area contributed by atoms with Gasteiger partial charge in [0.05, 0.1) is 6.67 Å². The zero-order chi connectivity index (χ0) is 36.5. The van der Waals surface area contributed by atoms with E-state index in [-0.39, 0.29) is 31.9 Å². The Labute approximate surface area is 329 Å². The van der Waals surface area contributed by atoms with Gasteiger partial charge in [0.1, 0.15) is 5.69 Å². The Balaban J connectivity index is 0.00000435. The summed E-state index contributed by atoms with van der Waals surface area (Å²) in [4.78, 5) is 4.53. The number of rotatable bonds is 7. The van der Waals surface area contributed by atoms with Crippen molar-refractivity contribution in [1.29, 1.82) is 0 Å². The van der Waals surface area contributed by atoms with Crippen LogP contribution >= 0.6 is 0 Å². The zero-order valence-corrected chi connectivity index (χ0v) is 34.0. The van der Waals surface area contributed by atoms with Crippen LogP contribution in [0.5, 0.6) is 23.1 Å². The number of para-hydroxylation sites is 1. The van der Waals surface area contributed by atoms with E-state index in [1.165, 1.54) is 33.8 Å². The number of aromatic nitrogens is 1. The van der Waals surface area contributed by atoms with Crippen LogP contribution in [0.3, 0.4) is 0 Å². The molecule has 5 nitrogen and oxygen atoms in total. The molecule has 0 amide bonds. The maximum Gasteiger partial charge on any atom is 0.216 e. The van der Waals surface area contributed by atoms with E-state index in [2.05, 4.69) is 146 Å². The van der Waals surface area contributed by atoms with E-state index in [0.29, 0.717) is 32.1 Å². The molecule has 0 aliphatic carbocycles. The predicted octanol–water partition coefficient (Wildman–Crippen LogP) is 12.5. The molecular formula is C47H46N3O2Pt-. The maximum absolute atomic E-state index is 6.80. The molecule has 6 aromatic rings. The van der Waals surface area contributed by atoms with Crippen LogP contribution in [0.4, 0.5) is 22.7 Å². The molecule has 2 atom stereocenters. The average molecular weight is 880 g/mol. The molecule has 2 bridgehead atoms. The summed E-state index contributed by atoms with van der Waals surface area (Å²) in [7, 11) is 0. The Kier molecular flexibility index (Phi) is 9.30. The standard InChI is InChI=1S/C47H46N3O2.Pt/c1-32-21-43-44(22-33(32)2)50(30-49(43,31-50)38-17-13-10-14-18-38)39-25-37(47(6,7)8)26-42(28-39)51-40-23-35(34-15-11-9-12-16-34)24-41(29-40)52-45-27-36(19-20-48-45)46(3,4)5;/h9-27,30H,31H2,1-8H3;/q-1;/t49-,50+;/m0./s1. The Bertz CT molecular complexity index is 2300. The molecule has 4 heterocycles. The third kappa shape index (κ3) is 6.65. The Morgan fingerprint density at radius 1 is 0.604 bits per heavy atom. The number of benzene rings is 5. The number of aryl methyl sites for hydroxylation is 2. The van der Waals surface area contributed by atoms with Gasteiger partial charge in [0.2, 0.25) is 5.88 Å². The van der Waals surface area contributed by atoms with Crippen molar-refractivity contribution in [3.05, 3.63) is 156 Å². The maximum atomic E-state index is 6.80. The van der Waals surface area contributed by atoms with Gasteiger partial charge in [0.25, 0.3) is 0 Å². The topological polar surface area (TPSA) is 31.4 Å². The van der Waals surface area contributed by atoms with Gasteiger partial charge in [-0.05, 0) is 65.1 Å². The summed E-state index contributed by atoms with van der Waals surface area (Å²) in [5, 5.41) is 0. The van der Waals surface area contributed by atoms with Crippen LogP contribution in [0, 0.1) is 32.6 Å². The second-order valence-electron chi connectivity index (χ2n) is 16.4. The van der Waals surface area contributed by atoms with Gasteiger partial charge in [-0.1, -0.05) is 102 Å². The summed E-state index contributed by atoms with van der Waals surface area (Å²) in [6.45, 7) is 21.0. The second kappa shape index (κ2) is 13.4. The molecule has 5 aromatic carbocycles. The van der Waals surface area contributed by atoms with Crippen molar-refractivity contribution in [2.75, 3.05) is 6.67 Å². The first-order valence-electron chi connectivity index (χ1n) is 18.1. The summed E-state index contributed by atoms with van der Waals surface area (Å²) < 4.78 is 14.5. The molecule has 272 valence electrons. The smallest absolute Gasteiger partial charge is 0.216 e. The number of hydrogen-bond donors (Lipinski definition) is 0. The molecule has 0 radical (unpaired) electrons. The van der Waals surface area contributed by atoms with Crippen molar-refractivity contribution in [2.45, 2.75) is 66.2 Å². The molecule has 3 aliphatic rings. The van der Waals surface area contributed by atoms with Crippen LogP contribution in [0.15, 0.2) is 115 Å². The molecule has 0 N–H and O–H groups in total. The zero-order valence-electron chi connectivity index (χ0n) is 31.7. The van der Waals surface area contributed by atoms with Crippen LogP contribution in [0.2, 0.25) is 0 Å². The van der Waals surface area contributed by atoms with Gasteiger partial charge in [-0.2, -0.15) is 0 Å². The van der Waals surface area contributed by atoms with Crippen molar-refractivity contribution in [2.24, 2.45) is 0 Å². The first-order valence-corrected chi connectivity index (χ1v) is 18.1. The molecule has 0 spiro atoms. The van der Waals surface area contributed by atoms with Crippen molar-refractivity contribution in [1.82, 2.24) is 14.0 Å². The number of ether oxygens (including phenoxy) is 2. The van der Waals surface area contributed by atoms with Gasteiger partial charge >= 0.3 is 0 Å². The molecule has 1 fully saturated rings. The van der Waals surface area contributed by atoms with E-state index in [4.69, 9.17) is 9.47 Å². The van der Waals surface area contributed by atoms with E-state index >= 15 is 0 Å². The number of pyridine rings is 1. The first kappa shape index (κ1) is 36.8. The van der Waals surface area contributed by atoms with Crippen molar-refractivity contribution in [3.63, 3.8) is 0 Å². The second-order valence-corrected chi connectivity index (χ2v) is 16.4.